The molecule has 1 N–H and O–H groups in total. The summed E-state index contributed by atoms with van der Waals surface area (Å²) in [4.78, 5) is 31.5. The normalized spacial score (nSPS) is 30.8. The summed E-state index contributed by atoms with van der Waals surface area (Å²) in [6, 6.07) is 5.40. The van der Waals surface area contributed by atoms with Gasteiger partial charge in [-0.2, -0.15) is 0 Å². The van der Waals surface area contributed by atoms with Gasteiger partial charge in [0.2, 0.25) is 11.8 Å². The van der Waals surface area contributed by atoms with E-state index in [2.05, 4.69) is 15.5 Å². The molecule has 5 heterocycles. The first kappa shape index (κ1) is 16.2. The molecule has 4 atom stereocenters. The Morgan fingerprint density at radius 2 is 2.22 bits per heavy atom. The van der Waals surface area contributed by atoms with E-state index in [1.165, 1.54) is 0 Å². The van der Waals surface area contributed by atoms with Crippen LogP contribution in [0, 0.1) is 18.8 Å². The molecule has 2 amide bonds. The lowest BCUT2D eigenvalue weighted by atomic mass is 9.77. The zero-order chi connectivity index (χ0) is 18.6. The monoisotopic (exact) mass is 366 g/mol. The van der Waals surface area contributed by atoms with Gasteiger partial charge in [0.1, 0.15) is 11.4 Å². The summed E-state index contributed by atoms with van der Waals surface area (Å²) in [7, 11) is 0. The number of hydrogen-bond acceptors (Lipinski definition) is 6. The van der Waals surface area contributed by atoms with Crippen LogP contribution in [-0.2, 0) is 20.9 Å². The molecule has 2 saturated heterocycles. The third-order valence-electron chi connectivity index (χ3n) is 5.51. The molecule has 138 valence electrons. The lowest BCUT2D eigenvalue weighted by molar-refractivity contribution is -0.132. The van der Waals surface area contributed by atoms with Gasteiger partial charge in [0.25, 0.3) is 0 Å². The van der Waals surface area contributed by atoms with Gasteiger partial charge < -0.3 is 14.6 Å². The predicted molar refractivity (Wildman–Crippen MR) is 93.4 cm³/mol. The lowest BCUT2D eigenvalue weighted by Gasteiger charge is -2.23. The number of amides is 2. The number of nitrogens with zero attached hydrogens (tertiary/aromatic N) is 3. The van der Waals surface area contributed by atoms with Crippen molar-refractivity contribution in [3.63, 3.8) is 0 Å². The highest BCUT2D eigenvalue weighted by Gasteiger charge is 2.67. The minimum Gasteiger partial charge on any atom is -0.360 e. The molecular weight excluding hydrogens is 348 g/mol. The second-order valence-corrected chi connectivity index (χ2v) is 7.19. The highest BCUT2D eigenvalue weighted by molar-refractivity contribution is 6.02. The van der Waals surface area contributed by atoms with Crippen molar-refractivity contribution in [2.24, 2.45) is 11.8 Å². The van der Waals surface area contributed by atoms with E-state index < -0.39 is 17.4 Å². The van der Waals surface area contributed by atoms with Crippen molar-refractivity contribution >= 4 is 17.6 Å². The summed E-state index contributed by atoms with van der Waals surface area (Å²) in [5.41, 5.74) is 0.179. The van der Waals surface area contributed by atoms with E-state index in [0.717, 1.165) is 5.56 Å². The van der Waals surface area contributed by atoms with E-state index in [9.17, 15) is 9.59 Å². The molecule has 3 aliphatic heterocycles. The van der Waals surface area contributed by atoms with Gasteiger partial charge in [0.05, 0.1) is 24.5 Å². The fourth-order valence-electron chi connectivity index (χ4n) is 4.28. The van der Waals surface area contributed by atoms with Gasteiger partial charge >= 0.3 is 0 Å². The first-order valence-corrected chi connectivity index (χ1v) is 8.86. The molecule has 0 aromatic carbocycles. The Hall–Kier alpha value is -3.00. The number of anilines is 1. The standard InChI is InChI=1S/C19H18N4O4/c1-11-8-14(22-27-11)23-10-19-5-2-13(26-19)15(16(19)18(23)25)17(24)21-9-12-3-6-20-7-4-12/h2-8,13,15-16H,9-10H2,1H3,(H,21,24). The average molecular weight is 366 g/mol. The van der Waals surface area contributed by atoms with E-state index in [0.29, 0.717) is 24.7 Å². The number of fused-ring (bicyclic) bond motifs is 1. The molecule has 4 unspecified atom stereocenters. The number of carbonyl (C=O) groups is 2. The number of carbonyl (C=O) groups excluding carboxylic acids is 2. The molecule has 2 bridgehead atoms. The second kappa shape index (κ2) is 5.75. The number of aryl methyl sites for hydroxylation is 1. The van der Waals surface area contributed by atoms with Crippen LogP contribution in [0.4, 0.5) is 5.82 Å². The summed E-state index contributed by atoms with van der Waals surface area (Å²) < 4.78 is 11.2. The van der Waals surface area contributed by atoms with E-state index >= 15 is 0 Å². The zero-order valence-electron chi connectivity index (χ0n) is 14.7. The molecule has 0 radical (unpaired) electrons. The Morgan fingerprint density at radius 3 is 2.96 bits per heavy atom. The van der Waals surface area contributed by atoms with Crippen LogP contribution in [0.2, 0.25) is 0 Å². The quantitative estimate of drug-likeness (QED) is 0.810. The minimum atomic E-state index is -0.771. The van der Waals surface area contributed by atoms with Crippen molar-refractivity contribution in [3.05, 3.63) is 54.1 Å². The van der Waals surface area contributed by atoms with E-state index in [1.807, 2.05) is 24.3 Å². The molecule has 2 aromatic rings. The second-order valence-electron chi connectivity index (χ2n) is 7.19. The van der Waals surface area contributed by atoms with Crippen LogP contribution in [0.25, 0.3) is 0 Å². The van der Waals surface area contributed by atoms with Crippen molar-refractivity contribution in [1.29, 1.82) is 0 Å². The summed E-state index contributed by atoms with van der Waals surface area (Å²) in [5, 5.41) is 6.87. The predicted octanol–water partition coefficient (Wildman–Crippen LogP) is 0.981. The van der Waals surface area contributed by atoms with Crippen molar-refractivity contribution in [2.75, 3.05) is 11.4 Å². The van der Waals surface area contributed by atoms with Crippen molar-refractivity contribution in [2.45, 2.75) is 25.2 Å². The molecule has 5 rings (SSSR count). The highest BCUT2D eigenvalue weighted by atomic mass is 16.5. The molecule has 8 heteroatoms. The number of aromatic nitrogens is 2. The van der Waals surface area contributed by atoms with Crippen LogP contribution in [0.1, 0.15) is 11.3 Å². The van der Waals surface area contributed by atoms with Gasteiger partial charge in [-0.3, -0.25) is 19.5 Å². The van der Waals surface area contributed by atoms with Crippen LogP contribution in [0.3, 0.4) is 0 Å². The van der Waals surface area contributed by atoms with E-state index in [1.54, 1.807) is 30.3 Å². The smallest absolute Gasteiger partial charge is 0.235 e. The van der Waals surface area contributed by atoms with Gasteiger partial charge in [-0.1, -0.05) is 17.3 Å². The number of ether oxygens (including phenoxy) is 1. The first-order valence-electron chi connectivity index (χ1n) is 8.86. The van der Waals surface area contributed by atoms with Gasteiger partial charge in [0.15, 0.2) is 5.82 Å². The number of rotatable bonds is 4. The molecular formula is C19H18N4O4. The molecule has 1 spiro atoms. The van der Waals surface area contributed by atoms with Crippen LogP contribution in [0.5, 0.6) is 0 Å². The van der Waals surface area contributed by atoms with Crippen molar-refractivity contribution < 1.29 is 18.8 Å². The van der Waals surface area contributed by atoms with Gasteiger partial charge in [-0.25, -0.2) is 0 Å². The zero-order valence-corrected chi connectivity index (χ0v) is 14.7. The Kier molecular flexibility index (Phi) is 3.45. The summed E-state index contributed by atoms with van der Waals surface area (Å²) >= 11 is 0. The molecule has 27 heavy (non-hydrogen) atoms. The Balaban J connectivity index is 1.38. The number of nitrogens with one attached hydrogen (secondary N) is 1. The first-order chi connectivity index (χ1) is 13.1. The third-order valence-corrected chi connectivity index (χ3v) is 5.51. The fraction of sp³-hybridized carbons (Fsp3) is 0.368. The fourth-order valence-corrected chi connectivity index (χ4v) is 4.28. The van der Waals surface area contributed by atoms with Gasteiger partial charge in [0, 0.05) is 25.0 Å². The molecule has 2 aromatic heterocycles. The maximum absolute atomic E-state index is 13.1. The van der Waals surface area contributed by atoms with Crippen LogP contribution < -0.4 is 10.2 Å². The van der Waals surface area contributed by atoms with E-state index in [4.69, 9.17) is 9.26 Å². The molecule has 3 aliphatic rings. The van der Waals surface area contributed by atoms with E-state index in [-0.39, 0.29) is 17.9 Å². The Morgan fingerprint density at radius 1 is 1.41 bits per heavy atom. The number of pyridine rings is 1. The maximum atomic E-state index is 13.1. The minimum absolute atomic E-state index is 0.154. The van der Waals surface area contributed by atoms with Crippen LogP contribution >= 0.6 is 0 Å². The van der Waals surface area contributed by atoms with Gasteiger partial charge in [-0.05, 0) is 24.6 Å². The van der Waals surface area contributed by atoms with Gasteiger partial charge in [-0.15, -0.1) is 0 Å². The molecule has 0 saturated carbocycles. The molecule has 8 nitrogen and oxygen atoms in total. The SMILES string of the molecule is Cc1cc(N2CC34C=CC(O3)C(C(=O)NCc3ccncc3)C4C2=O)no1. The van der Waals surface area contributed by atoms with Crippen molar-refractivity contribution in [3.8, 4) is 0 Å². The lowest BCUT2D eigenvalue weighted by Crippen LogP contribution is -2.44. The van der Waals surface area contributed by atoms with Crippen molar-refractivity contribution in [1.82, 2.24) is 15.5 Å². The average Bonchev–Trinajstić information content (AvgIpc) is 3.42. The number of hydrogen-bond donors (Lipinski definition) is 1. The largest absolute Gasteiger partial charge is 0.360 e. The maximum Gasteiger partial charge on any atom is 0.235 e. The Bertz CT molecular complexity index is 940. The topological polar surface area (TPSA) is 97.6 Å². The Labute approximate surface area is 155 Å². The van der Waals surface area contributed by atoms with Crippen LogP contribution in [-0.4, -0.2) is 40.2 Å². The summed E-state index contributed by atoms with van der Waals surface area (Å²) in [6.45, 7) is 2.49. The highest BCUT2D eigenvalue weighted by Crippen LogP contribution is 2.52. The summed E-state index contributed by atoms with van der Waals surface area (Å²) in [6.07, 6.45) is 6.78. The third kappa shape index (κ3) is 2.40. The summed E-state index contributed by atoms with van der Waals surface area (Å²) in [5.74, 6) is -0.361. The molecule has 2 fully saturated rings. The van der Waals surface area contributed by atoms with Crippen LogP contribution in [0.15, 0.2) is 47.3 Å². The molecule has 0 aliphatic carbocycles.